The van der Waals surface area contributed by atoms with E-state index >= 15 is 0 Å². The molecule has 1 heterocycles. The SMILES string of the molecule is CCCC(=O)NCCCCCc1nc2ccccc2n1CCCCOc1ccc(C(C)CC)cc1. The number of unbranched alkanes of at least 4 members (excludes halogenated alkanes) is 3. The summed E-state index contributed by atoms with van der Waals surface area (Å²) >= 11 is 0. The highest BCUT2D eigenvalue weighted by Gasteiger charge is 2.10. The van der Waals surface area contributed by atoms with E-state index in [4.69, 9.17) is 9.72 Å². The Balaban J connectivity index is 1.44. The summed E-state index contributed by atoms with van der Waals surface area (Å²) in [7, 11) is 0. The molecule has 0 spiro atoms. The number of fused-ring (bicyclic) bond motifs is 1. The molecule has 1 N–H and O–H groups in total. The zero-order valence-corrected chi connectivity index (χ0v) is 21.9. The van der Waals surface area contributed by atoms with Crippen molar-refractivity contribution in [3.05, 3.63) is 59.9 Å². The van der Waals surface area contributed by atoms with Crippen molar-refractivity contribution in [2.45, 2.75) is 91.0 Å². The van der Waals surface area contributed by atoms with Gasteiger partial charge in [-0.25, -0.2) is 4.98 Å². The number of rotatable bonds is 16. The van der Waals surface area contributed by atoms with E-state index in [2.05, 4.69) is 72.3 Å². The molecule has 35 heavy (non-hydrogen) atoms. The van der Waals surface area contributed by atoms with E-state index in [-0.39, 0.29) is 5.91 Å². The van der Waals surface area contributed by atoms with Crippen LogP contribution in [-0.2, 0) is 17.8 Å². The molecule has 0 aliphatic carbocycles. The number of aryl methyl sites for hydroxylation is 2. The molecule has 3 rings (SSSR count). The Morgan fingerprint density at radius 2 is 1.80 bits per heavy atom. The molecule has 1 atom stereocenters. The summed E-state index contributed by atoms with van der Waals surface area (Å²) in [5.74, 6) is 2.88. The second kappa shape index (κ2) is 14.6. The molecule has 3 aromatic rings. The van der Waals surface area contributed by atoms with Gasteiger partial charge in [0.1, 0.15) is 11.6 Å². The van der Waals surface area contributed by atoms with Crippen LogP contribution in [0, 0.1) is 0 Å². The molecular weight excluding hydrogens is 434 g/mol. The van der Waals surface area contributed by atoms with Gasteiger partial charge in [0.25, 0.3) is 0 Å². The van der Waals surface area contributed by atoms with Crippen LogP contribution in [0.5, 0.6) is 5.75 Å². The number of amides is 1. The van der Waals surface area contributed by atoms with Crippen molar-refractivity contribution < 1.29 is 9.53 Å². The van der Waals surface area contributed by atoms with Gasteiger partial charge in [-0.15, -0.1) is 0 Å². The van der Waals surface area contributed by atoms with E-state index in [0.717, 1.165) is 82.3 Å². The number of para-hydroxylation sites is 2. The standard InChI is InChI=1S/C30H43N3O2/c1-4-13-30(34)31-21-10-6-7-16-29-32-27-14-8-9-15-28(27)33(29)22-11-12-23-35-26-19-17-25(18-20-26)24(3)5-2/h8-9,14-15,17-20,24H,4-7,10-13,16,21-23H2,1-3H3,(H,31,34). The van der Waals surface area contributed by atoms with Crippen LogP contribution in [0.15, 0.2) is 48.5 Å². The Hall–Kier alpha value is -2.82. The summed E-state index contributed by atoms with van der Waals surface area (Å²) in [6.07, 6.45) is 8.92. The molecule has 0 aliphatic heterocycles. The van der Waals surface area contributed by atoms with Gasteiger partial charge in [0.2, 0.25) is 5.91 Å². The quantitative estimate of drug-likeness (QED) is 0.225. The first-order chi connectivity index (χ1) is 17.1. The highest BCUT2D eigenvalue weighted by Crippen LogP contribution is 2.22. The Kier molecular flexibility index (Phi) is 11.1. The Morgan fingerprint density at radius 3 is 2.57 bits per heavy atom. The minimum atomic E-state index is 0.168. The van der Waals surface area contributed by atoms with Gasteiger partial charge in [-0.1, -0.05) is 51.5 Å². The van der Waals surface area contributed by atoms with Crippen molar-refractivity contribution in [1.82, 2.24) is 14.9 Å². The molecule has 1 aromatic heterocycles. The molecular formula is C30H43N3O2. The number of hydrogen-bond donors (Lipinski definition) is 1. The van der Waals surface area contributed by atoms with Gasteiger partial charge in [0, 0.05) is 25.9 Å². The van der Waals surface area contributed by atoms with Crippen molar-refractivity contribution in [3.8, 4) is 5.75 Å². The monoisotopic (exact) mass is 477 g/mol. The van der Waals surface area contributed by atoms with Crippen LogP contribution in [-0.4, -0.2) is 28.6 Å². The Labute approximate surface area is 211 Å². The fourth-order valence-corrected chi connectivity index (χ4v) is 4.38. The Bertz CT molecular complexity index is 1030. The van der Waals surface area contributed by atoms with Crippen LogP contribution in [0.4, 0.5) is 0 Å². The maximum absolute atomic E-state index is 11.6. The predicted molar refractivity (Wildman–Crippen MR) is 145 cm³/mol. The second-order valence-electron chi connectivity index (χ2n) is 9.51. The zero-order valence-electron chi connectivity index (χ0n) is 21.9. The minimum Gasteiger partial charge on any atom is -0.494 e. The fraction of sp³-hybridized carbons (Fsp3) is 0.533. The number of nitrogens with one attached hydrogen (secondary N) is 1. The van der Waals surface area contributed by atoms with Crippen LogP contribution in [0.1, 0.15) is 89.4 Å². The average Bonchev–Trinajstić information content (AvgIpc) is 3.23. The van der Waals surface area contributed by atoms with Crippen molar-refractivity contribution in [1.29, 1.82) is 0 Å². The summed E-state index contributed by atoms with van der Waals surface area (Å²) in [5.41, 5.74) is 3.67. The van der Waals surface area contributed by atoms with Gasteiger partial charge < -0.3 is 14.6 Å². The lowest BCUT2D eigenvalue weighted by molar-refractivity contribution is -0.121. The summed E-state index contributed by atoms with van der Waals surface area (Å²) in [6.45, 7) is 8.98. The normalized spacial score (nSPS) is 12.1. The molecule has 5 nitrogen and oxygen atoms in total. The van der Waals surface area contributed by atoms with Gasteiger partial charge in [0.15, 0.2) is 0 Å². The zero-order chi connectivity index (χ0) is 24.9. The predicted octanol–water partition coefficient (Wildman–Crippen LogP) is 7.04. The van der Waals surface area contributed by atoms with Crippen LogP contribution < -0.4 is 10.1 Å². The van der Waals surface area contributed by atoms with Crippen LogP contribution >= 0.6 is 0 Å². The van der Waals surface area contributed by atoms with Gasteiger partial charge in [0.05, 0.1) is 17.6 Å². The molecule has 0 saturated heterocycles. The third-order valence-electron chi connectivity index (χ3n) is 6.72. The minimum absolute atomic E-state index is 0.168. The maximum atomic E-state index is 11.6. The molecule has 1 amide bonds. The smallest absolute Gasteiger partial charge is 0.219 e. The first kappa shape index (κ1) is 26.8. The lowest BCUT2D eigenvalue weighted by Crippen LogP contribution is -2.23. The third-order valence-corrected chi connectivity index (χ3v) is 6.72. The average molecular weight is 478 g/mol. The number of ether oxygens (including phenoxy) is 1. The molecule has 0 aliphatic rings. The highest BCUT2D eigenvalue weighted by atomic mass is 16.5. The lowest BCUT2D eigenvalue weighted by Gasteiger charge is -2.12. The summed E-state index contributed by atoms with van der Waals surface area (Å²) < 4.78 is 8.38. The molecule has 0 bridgehead atoms. The molecule has 0 fully saturated rings. The number of benzene rings is 2. The van der Waals surface area contributed by atoms with Crippen LogP contribution in [0.25, 0.3) is 11.0 Å². The van der Waals surface area contributed by atoms with Gasteiger partial charge in [-0.2, -0.15) is 0 Å². The molecule has 190 valence electrons. The van der Waals surface area contributed by atoms with E-state index in [1.54, 1.807) is 0 Å². The number of hydrogen-bond acceptors (Lipinski definition) is 3. The summed E-state index contributed by atoms with van der Waals surface area (Å²) in [5, 5.41) is 3.01. The van der Waals surface area contributed by atoms with Crippen molar-refractivity contribution in [2.75, 3.05) is 13.2 Å². The first-order valence-electron chi connectivity index (χ1n) is 13.6. The van der Waals surface area contributed by atoms with Gasteiger partial charge in [-0.3, -0.25) is 4.79 Å². The lowest BCUT2D eigenvalue weighted by atomic mass is 9.99. The molecule has 1 unspecified atom stereocenters. The molecule has 0 saturated carbocycles. The van der Waals surface area contributed by atoms with E-state index in [1.165, 1.54) is 16.9 Å². The largest absolute Gasteiger partial charge is 0.494 e. The van der Waals surface area contributed by atoms with E-state index < -0.39 is 0 Å². The van der Waals surface area contributed by atoms with Crippen LogP contribution in [0.3, 0.4) is 0 Å². The van der Waals surface area contributed by atoms with Crippen molar-refractivity contribution >= 4 is 16.9 Å². The van der Waals surface area contributed by atoms with E-state index in [9.17, 15) is 4.79 Å². The van der Waals surface area contributed by atoms with E-state index in [0.29, 0.717) is 12.3 Å². The Morgan fingerprint density at radius 1 is 1.00 bits per heavy atom. The highest BCUT2D eigenvalue weighted by molar-refractivity contribution is 5.76. The topological polar surface area (TPSA) is 56.2 Å². The van der Waals surface area contributed by atoms with Gasteiger partial charge in [-0.05, 0) is 74.3 Å². The summed E-state index contributed by atoms with van der Waals surface area (Å²) in [6, 6.07) is 17.0. The summed E-state index contributed by atoms with van der Waals surface area (Å²) in [4.78, 5) is 16.5. The van der Waals surface area contributed by atoms with Crippen molar-refractivity contribution in [2.24, 2.45) is 0 Å². The molecule has 5 heteroatoms. The number of carbonyl (C=O) groups is 1. The molecule has 0 radical (unpaired) electrons. The number of nitrogens with zero attached hydrogens (tertiary/aromatic N) is 2. The number of aromatic nitrogens is 2. The van der Waals surface area contributed by atoms with E-state index in [1.807, 2.05) is 6.92 Å². The number of carbonyl (C=O) groups excluding carboxylic acids is 1. The van der Waals surface area contributed by atoms with Gasteiger partial charge >= 0.3 is 0 Å². The fourth-order valence-electron chi connectivity index (χ4n) is 4.38. The number of imidazole rings is 1. The molecule has 2 aromatic carbocycles. The third kappa shape index (κ3) is 8.41. The van der Waals surface area contributed by atoms with Crippen LogP contribution in [0.2, 0.25) is 0 Å². The van der Waals surface area contributed by atoms with Crippen molar-refractivity contribution in [3.63, 3.8) is 0 Å². The first-order valence-corrected chi connectivity index (χ1v) is 13.6. The maximum Gasteiger partial charge on any atom is 0.219 e. The second-order valence-corrected chi connectivity index (χ2v) is 9.51.